The normalized spacial score (nSPS) is 12.1. The highest BCUT2D eigenvalue weighted by Gasteiger charge is 2.36. The zero-order valence-corrected chi connectivity index (χ0v) is 15.0. The topological polar surface area (TPSA) is 93.5 Å². The second-order valence-corrected chi connectivity index (χ2v) is 7.27. The van der Waals surface area contributed by atoms with Crippen molar-refractivity contribution in [2.24, 2.45) is 5.73 Å². The maximum absolute atomic E-state index is 12.1. The Morgan fingerprint density at radius 2 is 1.72 bits per heavy atom. The summed E-state index contributed by atoms with van der Waals surface area (Å²) in [5.74, 6) is -0.432. The first-order chi connectivity index (χ1) is 11.8. The number of amides is 3. The van der Waals surface area contributed by atoms with E-state index >= 15 is 0 Å². The van der Waals surface area contributed by atoms with Crippen LogP contribution in [0.25, 0.3) is 0 Å². The zero-order valence-electron chi connectivity index (χ0n) is 12.7. The van der Waals surface area contributed by atoms with Crippen LogP contribution in [0.5, 0.6) is 5.75 Å². The van der Waals surface area contributed by atoms with Crippen LogP contribution < -0.4 is 21.1 Å². The van der Waals surface area contributed by atoms with Crippen LogP contribution in [0.3, 0.4) is 0 Å². The molecular formula is C16H14Cl3N3O3. The lowest BCUT2D eigenvalue weighted by Crippen LogP contribution is -2.49. The number of nitrogens with two attached hydrogens (primary N) is 1. The van der Waals surface area contributed by atoms with Crippen LogP contribution in [0.1, 0.15) is 10.4 Å². The molecule has 4 N–H and O–H groups in total. The van der Waals surface area contributed by atoms with Crippen molar-refractivity contribution in [2.75, 3.05) is 5.32 Å². The minimum atomic E-state index is -1.96. The molecule has 6 nitrogen and oxygen atoms in total. The number of alkyl halides is 3. The molecule has 0 saturated heterocycles. The van der Waals surface area contributed by atoms with Crippen molar-refractivity contribution >= 4 is 52.4 Å². The van der Waals surface area contributed by atoms with Gasteiger partial charge >= 0.3 is 6.03 Å². The summed E-state index contributed by atoms with van der Waals surface area (Å²) in [4.78, 5) is 23.3. The molecule has 0 radical (unpaired) electrons. The van der Waals surface area contributed by atoms with E-state index in [0.29, 0.717) is 5.69 Å². The Kier molecular flexibility index (Phi) is 6.36. The Labute approximate surface area is 159 Å². The second kappa shape index (κ2) is 8.29. The fourth-order valence-electron chi connectivity index (χ4n) is 1.84. The number of hydrogen-bond donors (Lipinski definition) is 3. The summed E-state index contributed by atoms with van der Waals surface area (Å²) in [6.45, 7) is 0. The monoisotopic (exact) mass is 401 g/mol. The number of carbonyl (C=O) groups excluding carboxylic acids is 2. The van der Waals surface area contributed by atoms with E-state index in [2.05, 4.69) is 10.6 Å². The number of hydrogen-bond acceptors (Lipinski definition) is 3. The summed E-state index contributed by atoms with van der Waals surface area (Å²) in [5.41, 5.74) is 5.98. The Morgan fingerprint density at radius 3 is 2.32 bits per heavy atom. The SMILES string of the molecule is NC(=O)c1cccc(O[C@@H](NC(=O)Nc2ccccc2)C(Cl)(Cl)Cl)c1. The molecule has 9 heteroatoms. The molecule has 0 fully saturated rings. The van der Waals surface area contributed by atoms with Gasteiger partial charge in [0.05, 0.1) is 0 Å². The third kappa shape index (κ3) is 6.01. The van der Waals surface area contributed by atoms with E-state index in [4.69, 9.17) is 45.3 Å². The number of ether oxygens (including phenoxy) is 1. The second-order valence-electron chi connectivity index (χ2n) is 4.90. The third-order valence-corrected chi connectivity index (χ3v) is 3.56. The van der Waals surface area contributed by atoms with Gasteiger partial charge in [0.15, 0.2) is 0 Å². The number of benzene rings is 2. The Bertz CT molecular complexity index is 751. The molecule has 0 aliphatic rings. The summed E-state index contributed by atoms with van der Waals surface area (Å²) in [6.07, 6.45) is -1.32. The third-order valence-electron chi connectivity index (χ3n) is 2.96. The molecule has 0 heterocycles. The first kappa shape index (κ1) is 19.2. The van der Waals surface area contributed by atoms with Crippen molar-refractivity contribution in [3.63, 3.8) is 0 Å². The van der Waals surface area contributed by atoms with Crippen LogP contribution in [0, 0.1) is 0 Å². The fourth-order valence-corrected chi connectivity index (χ4v) is 2.14. The molecule has 0 aliphatic heterocycles. The van der Waals surface area contributed by atoms with E-state index in [-0.39, 0.29) is 11.3 Å². The molecule has 2 rings (SSSR count). The summed E-state index contributed by atoms with van der Waals surface area (Å²) in [5, 5.41) is 5.00. The van der Waals surface area contributed by atoms with Crippen LogP contribution in [-0.2, 0) is 0 Å². The molecule has 0 unspecified atom stereocenters. The van der Waals surface area contributed by atoms with Gasteiger partial charge < -0.3 is 15.8 Å². The van der Waals surface area contributed by atoms with Crippen LogP contribution in [-0.4, -0.2) is 22.0 Å². The number of nitrogens with one attached hydrogen (secondary N) is 2. The lowest BCUT2D eigenvalue weighted by atomic mass is 10.2. The molecule has 25 heavy (non-hydrogen) atoms. The van der Waals surface area contributed by atoms with Crippen molar-refractivity contribution in [1.82, 2.24) is 5.32 Å². The molecule has 132 valence electrons. The highest BCUT2D eigenvalue weighted by molar-refractivity contribution is 6.68. The van der Waals surface area contributed by atoms with E-state index < -0.39 is 22.0 Å². The van der Waals surface area contributed by atoms with Crippen molar-refractivity contribution in [3.05, 3.63) is 60.2 Å². The summed E-state index contributed by atoms with van der Waals surface area (Å²) >= 11 is 17.6. The standard InChI is InChI=1S/C16H14Cl3N3O3/c17-16(18,19)14(22-15(24)21-11-6-2-1-3-7-11)25-12-8-4-5-10(9-12)13(20)23/h1-9,14H,(H2,20,23)(H2,21,22,24)/t14-/m1/s1. The van der Waals surface area contributed by atoms with Gasteiger partial charge in [0, 0.05) is 11.3 Å². The molecule has 0 aliphatic carbocycles. The maximum Gasteiger partial charge on any atom is 0.322 e. The molecular weight excluding hydrogens is 389 g/mol. The summed E-state index contributed by atoms with van der Waals surface area (Å²) < 4.78 is 3.54. The Hall–Kier alpha value is -2.15. The predicted molar refractivity (Wildman–Crippen MR) is 98.3 cm³/mol. The number of carbonyl (C=O) groups is 2. The van der Waals surface area contributed by atoms with Gasteiger partial charge in [-0.2, -0.15) is 0 Å². The summed E-state index contributed by atoms with van der Waals surface area (Å²) in [6, 6.07) is 14.1. The quantitative estimate of drug-likeness (QED) is 0.526. The fraction of sp³-hybridized carbons (Fsp3) is 0.125. The molecule has 0 bridgehead atoms. The Balaban J connectivity index is 2.10. The van der Waals surface area contributed by atoms with E-state index in [1.54, 1.807) is 30.3 Å². The average Bonchev–Trinajstić information content (AvgIpc) is 2.54. The van der Waals surface area contributed by atoms with Gasteiger partial charge in [-0.3, -0.25) is 10.1 Å². The molecule has 1 atom stereocenters. The number of urea groups is 1. The highest BCUT2D eigenvalue weighted by Crippen LogP contribution is 2.32. The van der Waals surface area contributed by atoms with Crippen LogP contribution in [0.15, 0.2) is 54.6 Å². The number of anilines is 1. The lowest BCUT2D eigenvalue weighted by molar-refractivity contribution is 0.0999. The average molecular weight is 403 g/mol. The van der Waals surface area contributed by atoms with Crippen LogP contribution in [0.4, 0.5) is 10.5 Å². The number of halogens is 3. The minimum absolute atomic E-state index is 0.202. The van der Waals surface area contributed by atoms with Crippen molar-refractivity contribution in [2.45, 2.75) is 10.0 Å². The van der Waals surface area contributed by atoms with Crippen LogP contribution in [0.2, 0.25) is 0 Å². The number of rotatable bonds is 5. The molecule has 0 aromatic heterocycles. The van der Waals surface area contributed by atoms with Gasteiger partial charge in [0.25, 0.3) is 0 Å². The summed E-state index contributed by atoms with van der Waals surface area (Å²) in [7, 11) is 0. The molecule has 0 spiro atoms. The van der Waals surface area contributed by atoms with E-state index in [0.717, 1.165) is 0 Å². The largest absolute Gasteiger partial charge is 0.466 e. The molecule has 0 saturated carbocycles. The van der Waals surface area contributed by atoms with E-state index in [1.165, 1.54) is 18.2 Å². The van der Waals surface area contributed by atoms with E-state index in [1.807, 2.05) is 6.07 Å². The molecule has 2 aromatic rings. The van der Waals surface area contributed by atoms with Crippen molar-refractivity contribution in [3.8, 4) is 5.75 Å². The first-order valence-electron chi connectivity index (χ1n) is 7.01. The zero-order chi connectivity index (χ0) is 18.4. The van der Waals surface area contributed by atoms with Crippen molar-refractivity contribution in [1.29, 1.82) is 0 Å². The Morgan fingerprint density at radius 1 is 1.04 bits per heavy atom. The van der Waals surface area contributed by atoms with Crippen molar-refractivity contribution < 1.29 is 14.3 Å². The predicted octanol–water partition coefficient (Wildman–Crippen LogP) is 3.68. The molecule has 3 amide bonds. The van der Waals surface area contributed by atoms with Gasteiger partial charge in [-0.1, -0.05) is 59.1 Å². The van der Waals surface area contributed by atoms with Gasteiger partial charge in [-0.05, 0) is 30.3 Å². The molecule has 2 aromatic carbocycles. The van der Waals surface area contributed by atoms with Gasteiger partial charge in [0.2, 0.25) is 15.9 Å². The number of primary amides is 1. The van der Waals surface area contributed by atoms with E-state index in [9.17, 15) is 9.59 Å². The van der Waals surface area contributed by atoms with Crippen LogP contribution >= 0.6 is 34.8 Å². The van der Waals surface area contributed by atoms with Gasteiger partial charge in [-0.15, -0.1) is 0 Å². The minimum Gasteiger partial charge on any atom is -0.466 e. The highest BCUT2D eigenvalue weighted by atomic mass is 35.6. The smallest absolute Gasteiger partial charge is 0.322 e. The number of para-hydroxylation sites is 1. The first-order valence-corrected chi connectivity index (χ1v) is 8.15. The van der Waals surface area contributed by atoms with Gasteiger partial charge in [-0.25, -0.2) is 4.79 Å². The maximum atomic E-state index is 12.1. The lowest BCUT2D eigenvalue weighted by Gasteiger charge is -2.26. The van der Waals surface area contributed by atoms with Gasteiger partial charge in [0.1, 0.15) is 5.75 Å².